The average molecular weight is 673 g/mol. The van der Waals surface area contributed by atoms with Crippen molar-refractivity contribution in [3.8, 4) is 29.0 Å². The van der Waals surface area contributed by atoms with Gasteiger partial charge in [0.1, 0.15) is 41.4 Å². The quantitative estimate of drug-likeness (QED) is 0.226. The zero-order chi connectivity index (χ0) is 32.1. The van der Waals surface area contributed by atoms with E-state index in [2.05, 4.69) is 16.8 Å². The summed E-state index contributed by atoms with van der Waals surface area (Å²) in [7, 11) is 0. The topological polar surface area (TPSA) is 101 Å². The molecule has 0 amide bonds. The van der Waals surface area contributed by atoms with E-state index in [0.29, 0.717) is 12.5 Å². The molecule has 4 aromatic rings. The third-order valence-electron chi connectivity index (χ3n) is 10.2. The Labute approximate surface area is 270 Å². The standard InChI is InChI=1S/C32H29ClF4N6O2S/c1-14-9-32(6-2-7-42(32)11-14)13-45-31-40-25-22-26(44-12-19-15(28(36)37)5-8-43(19)30(22)41-31)23(33)21(24(25)35)16-3-4-18(34)27-20(16)17(10-38)29(39)46-27/h3-4,14-15,19,28H,2,5-9,11-13,39H2,1H3/t14-,15?,19?,32?/m1/s1. The number of ether oxygens (including phenoxy) is 2. The Morgan fingerprint density at radius 3 is 2.87 bits per heavy atom. The van der Waals surface area contributed by atoms with Gasteiger partial charge >= 0.3 is 6.01 Å². The first-order valence-corrected chi connectivity index (χ1v) is 16.5. The zero-order valence-corrected chi connectivity index (χ0v) is 26.3. The van der Waals surface area contributed by atoms with E-state index in [1.165, 1.54) is 6.07 Å². The van der Waals surface area contributed by atoms with Gasteiger partial charge in [0.15, 0.2) is 11.6 Å². The van der Waals surface area contributed by atoms with Crippen molar-refractivity contribution in [3.05, 3.63) is 34.4 Å². The average Bonchev–Trinajstić information content (AvgIpc) is 3.75. The van der Waals surface area contributed by atoms with Crippen LogP contribution in [0.3, 0.4) is 0 Å². The molecule has 4 atom stereocenters. The molecule has 0 aliphatic carbocycles. The zero-order valence-electron chi connectivity index (χ0n) is 24.8. The Bertz CT molecular complexity index is 1970. The maximum atomic E-state index is 17.0. The van der Waals surface area contributed by atoms with Gasteiger partial charge < -0.3 is 20.1 Å². The summed E-state index contributed by atoms with van der Waals surface area (Å²) in [6.07, 6.45) is 0.561. The maximum absolute atomic E-state index is 17.0. The summed E-state index contributed by atoms with van der Waals surface area (Å²) in [5.74, 6) is -1.73. The van der Waals surface area contributed by atoms with Gasteiger partial charge in [-0.05, 0) is 49.8 Å². The minimum atomic E-state index is -2.60. The molecule has 2 N–H and O–H groups in total. The van der Waals surface area contributed by atoms with E-state index in [9.17, 15) is 18.4 Å². The second kappa shape index (κ2) is 10.7. The summed E-state index contributed by atoms with van der Waals surface area (Å²) in [5, 5.41) is 10.1. The normalized spacial score (nSPS) is 25.6. The van der Waals surface area contributed by atoms with Crippen molar-refractivity contribution in [3.63, 3.8) is 0 Å². The van der Waals surface area contributed by atoms with Crippen LogP contribution in [0.4, 0.5) is 28.4 Å². The predicted molar refractivity (Wildman–Crippen MR) is 168 cm³/mol. The number of hydrogen-bond acceptors (Lipinski definition) is 9. The fraction of sp³-hybridized carbons (Fsp3) is 0.469. The highest BCUT2D eigenvalue weighted by atomic mass is 35.5. The van der Waals surface area contributed by atoms with E-state index in [-0.39, 0.29) is 90.4 Å². The maximum Gasteiger partial charge on any atom is 0.319 e. The molecule has 3 saturated heterocycles. The molecule has 6 heterocycles. The first-order chi connectivity index (χ1) is 22.1. The van der Waals surface area contributed by atoms with E-state index in [1.54, 1.807) is 4.90 Å². The van der Waals surface area contributed by atoms with Crippen molar-refractivity contribution in [2.75, 3.05) is 43.5 Å². The van der Waals surface area contributed by atoms with E-state index in [1.807, 2.05) is 6.07 Å². The number of alkyl halides is 2. The van der Waals surface area contributed by atoms with Crippen LogP contribution in [0, 0.1) is 34.8 Å². The number of benzene rings is 2. The summed E-state index contributed by atoms with van der Waals surface area (Å²) >= 11 is 7.82. The highest BCUT2D eigenvalue weighted by Crippen LogP contribution is 2.52. The van der Waals surface area contributed by atoms with Crippen molar-refractivity contribution in [2.24, 2.45) is 11.8 Å². The molecule has 2 aromatic heterocycles. The molecule has 0 bridgehead atoms. The molecule has 46 heavy (non-hydrogen) atoms. The summed E-state index contributed by atoms with van der Waals surface area (Å²) < 4.78 is 72.8. The fourth-order valence-corrected chi connectivity index (χ4v) is 9.51. The van der Waals surface area contributed by atoms with Crippen molar-refractivity contribution >= 4 is 54.7 Å². The van der Waals surface area contributed by atoms with Crippen LogP contribution in [0.25, 0.3) is 32.1 Å². The number of nitriles is 1. The Hall–Kier alpha value is -3.60. The molecule has 0 saturated carbocycles. The molecule has 8 nitrogen and oxygen atoms in total. The van der Waals surface area contributed by atoms with Gasteiger partial charge in [-0.25, -0.2) is 17.6 Å². The van der Waals surface area contributed by atoms with Crippen molar-refractivity contribution in [2.45, 2.75) is 50.6 Å². The first kappa shape index (κ1) is 29.8. The van der Waals surface area contributed by atoms with Crippen molar-refractivity contribution < 1.29 is 27.0 Å². The van der Waals surface area contributed by atoms with Crippen LogP contribution in [-0.2, 0) is 0 Å². The molecular weight excluding hydrogens is 644 g/mol. The minimum Gasteiger partial charge on any atom is -0.489 e. The number of fused-ring (bicyclic) bond motifs is 4. The SMILES string of the molecule is C[C@H]1CN2CCCC2(COc2nc3c4c(c(Cl)c(-c5ccc(F)c6sc(N)c(C#N)c56)c(F)c4n2)OCC2C(C(F)F)CCN32)C1. The number of thiophene rings is 1. The number of nitrogens with two attached hydrogens (primary N) is 1. The summed E-state index contributed by atoms with van der Waals surface area (Å²) in [5.41, 5.74) is 5.67. The number of aromatic nitrogens is 2. The number of rotatable bonds is 5. The Balaban J connectivity index is 1.34. The molecule has 4 aliphatic rings. The number of nitrogens with zero attached hydrogens (tertiary/aromatic N) is 5. The molecule has 4 aliphatic heterocycles. The molecule has 2 aromatic carbocycles. The summed E-state index contributed by atoms with van der Waals surface area (Å²) in [6, 6.07) is 3.67. The second-order valence-corrected chi connectivity index (χ2v) is 14.3. The fourth-order valence-electron chi connectivity index (χ4n) is 8.23. The Morgan fingerprint density at radius 2 is 2.09 bits per heavy atom. The van der Waals surface area contributed by atoms with Gasteiger partial charge in [-0.2, -0.15) is 15.2 Å². The monoisotopic (exact) mass is 672 g/mol. The van der Waals surface area contributed by atoms with E-state index in [0.717, 1.165) is 49.8 Å². The molecule has 3 unspecified atom stereocenters. The van der Waals surface area contributed by atoms with Gasteiger partial charge in [-0.1, -0.05) is 24.6 Å². The minimum absolute atomic E-state index is 0.00386. The lowest BCUT2D eigenvalue weighted by molar-refractivity contribution is 0.0631. The highest BCUT2D eigenvalue weighted by molar-refractivity contribution is 7.23. The lowest BCUT2D eigenvalue weighted by Gasteiger charge is -2.31. The van der Waals surface area contributed by atoms with Crippen LogP contribution < -0.4 is 20.1 Å². The predicted octanol–water partition coefficient (Wildman–Crippen LogP) is 7.00. The van der Waals surface area contributed by atoms with Crippen molar-refractivity contribution in [1.29, 1.82) is 5.26 Å². The van der Waals surface area contributed by atoms with Gasteiger partial charge in [0.2, 0.25) is 6.43 Å². The summed E-state index contributed by atoms with van der Waals surface area (Å²) in [6.45, 7) is 4.56. The van der Waals surface area contributed by atoms with Gasteiger partial charge in [0.25, 0.3) is 0 Å². The van der Waals surface area contributed by atoms with E-state index >= 15 is 4.39 Å². The van der Waals surface area contributed by atoms with Gasteiger partial charge in [-0.15, -0.1) is 11.3 Å². The van der Waals surface area contributed by atoms with Crippen LogP contribution in [-0.4, -0.2) is 65.7 Å². The van der Waals surface area contributed by atoms with Crippen LogP contribution in [0.2, 0.25) is 5.02 Å². The van der Waals surface area contributed by atoms with Crippen molar-refractivity contribution in [1.82, 2.24) is 14.9 Å². The van der Waals surface area contributed by atoms with Gasteiger partial charge in [0, 0.05) is 30.0 Å². The molecule has 8 rings (SSSR count). The Kier molecular flexibility index (Phi) is 6.94. The largest absolute Gasteiger partial charge is 0.489 e. The smallest absolute Gasteiger partial charge is 0.319 e. The van der Waals surface area contributed by atoms with Crippen LogP contribution >= 0.6 is 22.9 Å². The van der Waals surface area contributed by atoms with Gasteiger partial charge in [-0.3, -0.25) is 4.90 Å². The Morgan fingerprint density at radius 1 is 1.26 bits per heavy atom. The van der Waals surface area contributed by atoms with Crippen LogP contribution in [0.15, 0.2) is 12.1 Å². The lowest BCUT2D eigenvalue weighted by atomic mass is 9.92. The second-order valence-electron chi connectivity index (χ2n) is 12.9. The van der Waals surface area contributed by atoms with E-state index in [4.69, 9.17) is 31.8 Å². The molecule has 0 radical (unpaired) electrons. The molecule has 240 valence electrons. The third-order valence-corrected chi connectivity index (χ3v) is 11.6. The number of anilines is 2. The van der Waals surface area contributed by atoms with Crippen LogP contribution in [0.5, 0.6) is 11.8 Å². The highest BCUT2D eigenvalue weighted by Gasteiger charge is 2.48. The number of hydrogen-bond donors (Lipinski definition) is 1. The van der Waals surface area contributed by atoms with Gasteiger partial charge in [0.05, 0.1) is 32.3 Å². The molecule has 3 fully saturated rings. The van der Waals surface area contributed by atoms with Crippen LogP contribution in [0.1, 0.15) is 38.2 Å². The number of halogens is 5. The lowest BCUT2D eigenvalue weighted by Crippen LogP contribution is -2.43. The third kappa shape index (κ3) is 4.26. The molecule has 14 heteroatoms. The first-order valence-electron chi connectivity index (χ1n) is 15.3. The number of nitrogen functional groups attached to an aromatic ring is 1. The molecule has 0 spiro atoms. The summed E-state index contributed by atoms with van der Waals surface area (Å²) in [4.78, 5) is 13.4. The van der Waals surface area contributed by atoms with E-state index < -0.39 is 30.0 Å². The molecular formula is C32H29ClF4N6O2S.